The van der Waals surface area contributed by atoms with Crippen molar-refractivity contribution in [2.75, 3.05) is 18.0 Å². The molecule has 2 aromatic heterocycles. The van der Waals surface area contributed by atoms with Crippen molar-refractivity contribution < 1.29 is 32.7 Å². The topological polar surface area (TPSA) is 116 Å². The normalized spacial score (nSPS) is 15.5. The number of carbonyl (C=O) groups is 3. The van der Waals surface area contributed by atoms with E-state index >= 15 is 0 Å². The summed E-state index contributed by atoms with van der Waals surface area (Å²) in [4.78, 5) is 40.4. The first-order chi connectivity index (χ1) is 15.4. The summed E-state index contributed by atoms with van der Waals surface area (Å²) < 4.78 is 31.5. The predicted octanol–water partition coefficient (Wildman–Crippen LogP) is 2.42. The number of hydrogen-bond acceptors (Lipinski definition) is 7. The lowest BCUT2D eigenvalue weighted by Gasteiger charge is -2.14. The van der Waals surface area contributed by atoms with Gasteiger partial charge in [-0.25, -0.2) is 19.0 Å². The van der Waals surface area contributed by atoms with E-state index in [1.165, 1.54) is 53.4 Å². The minimum absolute atomic E-state index is 0.0748. The molecule has 32 heavy (non-hydrogen) atoms. The zero-order valence-corrected chi connectivity index (χ0v) is 17.0. The molecule has 3 heterocycles. The molecular weight excluding hydrogens is 423 g/mol. The summed E-state index contributed by atoms with van der Waals surface area (Å²) in [5, 5.41) is 2.59. The Balaban J connectivity index is 1.41. The predicted molar refractivity (Wildman–Crippen MR) is 108 cm³/mol. The molecule has 0 aliphatic carbocycles. The number of aromatic nitrogens is 2. The van der Waals surface area contributed by atoms with Crippen LogP contribution in [0.15, 0.2) is 53.5 Å². The minimum Gasteiger partial charge on any atom is -0.457 e. The Kier molecular flexibility index (Phi) is 5.88. The summed E-state index contributed by atoms with van der Waals surface area (Å²) in [6, 6.07) is 7.35. The highest BCUT2D eigenvalue weighted by molar-refractivity contribution is 5.90. The van der Waals surface area contributed by atoms with Gasteiger partial charge in [0.2, 0.25) is 11.7 Å². The maximum absolute atomic E-state index is 14.8. The number of rotatable bonds is 7. The van der Waals surface area contributed by atoms with Crippen LogP contribution in [0.25, 0.3) is 5.69 Å². The summed E-state index contributed by atoms with van der Waals surface area (Å²) >= 11 is 0. The lowest BCUT2D eigenvalue weighted by Crippen LogP contribution is -2.33. The first-order valence-corrected chi connectivity index (χ1v) is 9.66. The van der Waals surface area contributed by atoms with Crippen LogP contribution in [-0.2, 0) is 20.9 Å². The first-order valence-electron chi connectivity index (χ1n) is 9.66. The number of halogens is 1. The number of cyclic esters (lactones) is 1. The van der Waals surface area contributed by atoms with Crippen molar-refractivity contribution in [1.82, 2.24) is 14.9 Å². The molecule has 4 rings (SSSR count). The lowest BCUT2D eigenvalue weighted by molar-refractivity contribution is -0.119. The van der Waals surface area contributed by atoms with Gasteiger partial charge in [-0.15, -0.1) is 0 Å². The van der Waals surface area contributed by atoms with Gasteiger partial charge >= 0.3 is 12.1 Å². The fourth-order valence-electron chi connectivity index (χ4n) is 3.14. The highest BCUT2D eigenvalue weighted by atomic mass is 19.1. The molecule has 2 amide bonds. The van der Waals surface area contributed by atoms with Gasteiger partial charge in [0.15, 0.2) is 0 Å². The number of ether oxygens (including phenoxy) is 2. The van der Waals surface area contributed by atoms with Crippen LogP contribution in [0.5, 0.6) is 0 Å². The maximum Gasteiger partial charge on any atom is 0.414 e. The average Bonchev–Trinajstić information content (AvgIpc) is 3.51. The number of hydrogen-bond donors (Lipinski definition) is 1. The molecular formula is C21H19FN4O6. The molecule has 0 bridgehead atoms. The highest BCUT2D eigenvalue weighted by Crippen LogP contribution is 2.25. The largest absolute Gasteiger partial charge is 0.457 e. The van der Waals surface area contributed by atoms with Crippen LogP contribution >= 0.6 is 0 Å². The number of furan rings is 1. The molecule has 0 saturated carbocycles. The van der Waals surface area contributed by atoms with E-state index in [9.17, 15) is 18.8 Å². The van der Waals surface area contributed by atoms with Crippen LogP contribution in [0.4, 0.5) is 14.9 Å². The van der Waals surface area contributed by atoms with Crippen LogP contribution in [0, 0.1) is 5.82 Å². The number of benzene rings is 1. The van der Waals surface area contributed by atoms with Gasteiger partial charge in [0.05, 0.1) is 42.7 Å². The molecule has 1 saturated heterocycles. The first kappa shape index (κ1) is 21.1. The molecule has 1 atom stereocenters. The zero-order valence-electron chi connectivity index (χ0n) is 17.0. The number of imidazole rings is 1. The number of anilines is 1. The summed E-state index contributed by atoms with van der Waals surface area (Å²) in [5.74, 6) is -1.37. The quantitative estimate of drug-likeness (QED) is 0.559. The van der Waals surface area contributed by atoms with Crippen LogP contribution in [0.1, 0.15) is 23.2 Å². The van der Waals surface area contributed by atoms with Crippen LogP contribution < -0.4 is 10.2 Å². The number of nitrogens with zero attached hydrogens (tertiary/aromatic N) is 3. The summed E-state index contributed by atoms with van der Waals surface area (Å²) in [7, 11) is 0. The summed E-state index contributed by atoms with van der Waals surface area (Å²) in [6.45, 7) is 1.63. The van der Waals surface area contributed by atoms with Crippen molar-refractivity contribution in [2.45, 2.75) is 19.6 Å². The van der Waals surface area contributed by atoms with Crippen LogP contribution in [-0.4, -0.2) is 46.7 Å². The Bertz CT molecular complexity index is 1140. The van der Waals surface area contributed by atoms with E-state index in [2.05, 4.69) is 10.3 Å². The molecule has 0 radical (unpaired) electrons. The molecule has 10 nitrogen and oxygen atoms in total. The van der Waals surface area contributed by atoms with Gasteiger partial charge in [-0.1, -0.05) is 0 Å². The van der Waals surface area contributed by atoms with E-state index in [1.807, 2.05) is 0 Å². The van der Waals surface area contributed by atoms with Gasteiger partial charge in [0.1, 0.15) is 18.5 Å². The molecule has 3 aromatic rings. The number of nitrogens with one attached hydrogen (secondary N) is 1. The number of carbonyl (C=O) groups excluding carboxylic acids is 3. The fraction of sp³-hybridized carbons (Fsp3) is 0.238. The van der Waals surface area contributed by atoms with Gasteiger partial charge in [0.25, 0.3) is 0 Å². The van der Waals surface area contributed by atoms with Gasteiger partial charge < -0.3 is 23.8 Å². The van der Waals surface area contributed by atoms with Gasteiger partial charge in [-0.3, -0.25) is 9.69 Å². The zero-order chi connectivity index (χ0) is 22.7. The third kappa shape index (κ3) is 4.61. The second-order valence-electron chi connectivity index (χ2n) is 7.01. The Labute approximate surface area is 181 Å². The van der Waals surface area contributed by atoms with Crippen molar-refractivity contribution in [1.29, 1.82) is 0 Å². The van der Waals surface area contributed by atoms with Crippen molar-refractivity contribution in [3.8, 4) is 5.69 Å². The maximum atomic E-state index is 14.8. The second-order valence-corrected chi connectivity index (χ2v) is 7.01. The highest BCUT2D eigenvalue weighted by Gasteiger charge is 2.32. The smallest absolute Gasteiger partial charge is 0.414 e. The van der Waals surface area contributed by atoms with Gasteiger partial charge in [-0.2, -0.15) is 0 Å². The molecule has 1 N–H and O–H groups in total. The van der Waals surface area contributed by atoms with Crippen LogP contribution in [0.2, 0.25) is 0 Å². The molecule has 1 aliphatic rings. The van der Waals surface area contributed by atoms with Crippen molar-refractivity contribution in [3.63, 3.8) is 0 Å². The second kappa shape index (κ2) is 8.92. The van der Waals surface area contributed by atoms with Gasteiger partial charge in [0, 0.05) is 13.1 Å². The van der Waals surface area contributed by atoms with E-state index < -0.39 is 24.0 Å². The van der Waals surface area contributed by atoms with Crippen molar-refractivity contribution >= 4 is 23.7 Å². The van der Waals surface area contributed by atoms with Crippen molar-refractivity contribution in [3.05, 3.63) is 66.4 Å². The molecule has 0 spiro atoms. The minimum atomic E-state index is -0.630. The Morgan fingerprint density at radius 3 is 2.91 bits per heavy atom. The van der Waals surface area contributed by atoms with Crippen LogP contribution in [0.3, 0.4) is 0 Å². The number of esters is 1. The Hall–Kier alpha value is -4.15. The molecule has 1 aromatic carbocycles. The average molecular weight is 442 g/mol. The SMILES string of the molecule is CC(=O)NC[C@H]1CN(c2ccc(-n3cnc(COC(=O)c4ccco4)c3)c(F)c2)C(=O)O1. The molecule has 1 aliphatic heterocycles. The Morgan fingerprint density at radius 1 is 1.34 bits per heavy atom. The Morgan fingerprint density at radius 2 is 2.19 bits per heavy atom. The van der Waals surface area contributed by atoms with E-state index in [1.54, 1.807) is 12.1 Å². The third-order valence-electron chi connectivity index (χ3n) is 4.68. The van der Waals surface area contributed by atoms with Crippen molar-refractivity contribution in [2.24, 2.45) is 0 Å². The standard InChI is InChI=1S/C21H19FN4O6/c1-13(27)23-8-16-10-26(21(29)32-16)15-4-5-18(17(22)7-15)25-9-14(24-12-25)11-31-20(28)19-3-2-6-30-19/h2-7,9,12,16H,8,10-11H2,1H3,(H,23,27)/t16-/m0/s1. The summed E-state index contributed by atoms with van der Waals surface area (Å²) in [6.07, 6.45) is 3.15. The van der Waals surface area contributed by atoms with E-state index in [0.717, 1.165) is 0 Å². The fourth-order valence-corrected chi connectivity index (χ4v) is 3.14. The van der Waals surface area contributed by atoms with E-state index in [0.29, 0.717) is 11.4 Å². The lowest BCUT2D eigenvalue weighted by atomic mass is 10.2. The molecule has 1 fully saturated rings. The third-order valence-corrected chi connectivity index (χ3v) is 4.68. The van der Waals surface area contributed by atoms with E-state index in [4.69, 9.17) is 13.9 Å². The van der Waals surface area contributed by atoms with Gasteiger partial charge in [-0.05, 0) is 30.3 Å². The number of amides is 2. The van der Waals surface area contributed by atoms with E-state index in [-0.39, 0.29) is 37.1 Å². The monoisotopic (exact) mass is 442 g/mol. The molecule has 166 valence electrons. The molecule has 11 heteroatoms. The summed E-state index contributed by atoms with van der Waals surface area (Å²) in [5.41, 5.74) is 0.943. The molecule has 0 unspecified atom stereocenters.